The Labute approximate surface area is 181 Å². The summed E-state index contributed by atoms with van der Waals surface area (Å²) in [6.07, 6.45) is 0. The fraction of sp³-hybridized carbons (Fsp3) is 0.0455. The van der Waals surface area contributed by atoms with Gasteiger partial charge in [0.25, 0.3) is 0 Å². The Balaban J connectivity index is 1.63. The van der Waals surface area contributed by atoms with Crippen LogP contribution in [0.25, 0.3) is 17.1 Å². The van der Waals surface area contributed by atoms with Crippen molar-refractivity contribution in [3.8, 4) is 17.1 Å². The highest BCUT2D eigenvalue weighted by molar-refractivity contribution is 7.85. The molecule has 0 aliphatic carbocycles. The number of anilines is 1. The van der Waals surface area contributed by atoms with Gasteiger partial charge in [0, 0.05) is 22.0 Å². The van der Waals surface area contributed by atoms with Crippen LogP contribution in [0, 0.1) is 0 Å². The summed E-state index contributed by atoms with van der Waals surface area (Å²) in [5.74, 6) is -0.0784. The molecule has 0 fully saturated rings. The van der Waals surface area contributed by atoms with Gasteiger partial charge in [-0.05, 0) is 36.4 Å². The number of hydrogen-bond donors (Lipinski definition) is 1. The van der Waals surface area contributed by atoms with Crippen molar-refractivity contribution in [3.63, 3.8) is 0 Å². The van der Waals surface area contributed by atoms with Crippen LogP contribution in [-0.2, 0) is 15.6 Å². The van der Waals surface area contributed by atoms with Gasteiger partial charge in [-0.15, -0.1) is 10.2 Å². The molecule has 0 spiro atoms. The molecule has 1 unspecified atom stereocenters. The maximum Gasteiger partial charge on any atom is 0.237 e. The number of amides is 1. The fourth-order valence-corrected chi connectivity index (χ4v) is 4.01. The monoisotopic (exact) mass is 436 g/mol. The number of halogens is 1. The summed E-state index contributed by atoms with van der Waals surface area (Å²) >= 11 is 5.86. The number of carbonyl (C=O) groups excluding carboxylic acids is 1. The van der Waals surface area contributed by atoms with E-state index in [2.05, 4.69) is 15.5 Å². The molecule has 1 aromatic heterocycles. The Hall–Kier alpha value is -3.29. The van der Waals surface area contributed by atoms with Gasteiger partial charge in [0.2, 0.25) is 11.1 Å². The molecule has 0 aliphatic heterocycles. The van der Waals surface area contributed by atoms with Crippen molar-refractivity contribution in [1.82, 2.24) is 14.8 Å². The summed E-state index contributed by atoms with van der Waals surface area (Å²) in [5.41, 5.74) is 2.18. The molecule has 0 radical (unpaired) electrons. The average Bonchev–Trinajstić information content (AvgIpc) is 3.22. The quantitative estimate of drug-likeness (QED) is 0.488. The highest BCUT2D eigenvalue weighted by Gasteiger charge is 2.22. The zero-order chi connectivity index (χ0) is 20.9. The minimum absolute atomic E-state index is 0.214. The van der Waals surface area contributed by atoms with E-state index in [-0.39, 0.29) is 16.8 Å². The van der Waals surface area contributed by atoms with Crippen LogP contribution in [-0.4, -0.2) is 30.6 Å². The molecule has 8 heteroatoms. The molecule has 6 nitrogen and oxygen atoms in total. The molecule has 0 bridgehead atoms. The Kier molecular flexibility index (Phi) is 6.02. The first-order valence-electron chi connectivity index (χ1n) is 9.12. The van der Waals surface area contributed by atoms with Gasteiger partial charge in [0.05, 0.1) is 0 Å². The molecule has 1 heterocycles. The van der Waals surface area contributed by atoms with Crippen LogP contribution in [0.15, 0.2) is 90.1 Å². The Bertz CT molecular complexity index is 1180. The van der Waals surface area contributed by atoms with E-state index in [9.17, 15) is 9.00 Å². The van der Waals surface area contributed by atoms with Gasteiger partial charge in [-0.1, -0.05) is 60.1 Å². The molecule has 1 N–H and O–H groups in total. The topological polar surface area (TPSA) is 76.9 Å². The van der Waals surface area contributed by atoms with Gasteiger partial charge in [0.15, 0.2) is 5.82 Å². The summed E-state index contributed by atoms with van der Waals surface area (Å²) in [6.45, 7) is 0. The van der Waals surface area contributed by atoms with Crippen molar-refractivity contribution in [2.24, 2.45) is 0 Å². The van der Waals surface area contributed by atoms with Crippen molar-refractivity contribution >= 4 is 34.0 Å². The Morgan fingerprint density at radius 3 is 2.20 bits per heavy atom. The molecule has 30 heavy (non-hydrogen) atoms. The van der Waals surface area contributed by atoms with Crippen molar-refractivity contribution in [2.75, 3.05) is 11.1 Å². The fourth-order valence-electron chi connectivity index (χ4n) is 2.92. The number of para-hydroxylation sites is 1. The number of nitrogens with zero attached hydrogens (tertiary/aromatic N) is 3. The zero-order valence-corrected chi connectivity index (χ0v) is 17.3. The molecule has 150 valence electrons. The van der Waals surface area contributed by atoms with Crippen LogP contribution < -0.4 is 5.32 Å². The molecule has 0 aliphatic rings. The smallest absolute Gasteiger partial charge is 0.237 e. The Morgan fingerprint density at radius 1 is 0.900 bits per heavy atom. The number of aromatic nitrogens is 3. The van der Waals surface area contributed by atoms with Crippen molar-refractivity contribution in [3.05, 3.63) is 90.0 Å². The van der Waals surface area contributed by atoms with E-state index in [0.717, 1.165) is 11.3 Å². The van der Waals surface area contributed by atoms with E-state index in [1.807, 2.05) is 60.7 Å². The third-order valence-electron chi connectivity index (χ3n) is 4.27. The molecule has 4 rings (SSSR count). The lowest BCUT2D eigenvalue weighted by atomic mass is 10.2. The van der Waals surface area contributed by atoms with Crippen LogP contribution >= 0.6 is 11.6 Å². The third kappa shape index (κ3) is 4.48. The second kappa shape index (κ2) is 9.02. The lowest BCUT2D eigenvalue weighted by molar-refractivity contribution is -0.113. The maximum atomic E-state index is 13.0. The highest BCUT2D eigenvalue weighted by Crippen LogP contribution is 2.24. The molecule has 0 saturated heterocycles. The third-order valence-corrected chi connectivity index (χ3v) is 5.72. The SMILES string of the molecule is O=C(CS(=O)c1nnc(-c2ccccc2)n1-c1ccccc1)Nc1ccc(Cl)cc1. The number of rotatable bonds is 6. The lowest BCUT2D eigenvalue weighted by Crippen LogP contribution is -2.21. The minimum atomic E-state index is -1.71. The van der Waals surface area contributed by atoms with Gasteiger partial charge in [-0.3, -0.25) is 13.6 Å². The van der Waals surface area contributed by atoms with Crippen molar-refractivity contribution in [2.45, 2.75) is 5.16 Å². The second-order valence-electron chi connectivity index (χ2n) is 6.39. The van der Waals surface area contributed by atoms with Crippen LogP contribution in [0.4, 0.5) is 5.69 Å². The maximum absolute atomic E-state index is 13.0. The summed E-state index contributed by atoms with van der Waals surface area (Å²) in [5, 5.41) is 11.9. The van der Waals surface area contributed by atoms with Crippen molar-refractivity contribution in [1.29, 1.82) is 0 Å². The number of hydrogen-bond acceptors (Lipinski definition) is 4. The van der Waals surface area contributed by atoms with Gasteiger partial charge in [-0.2, -0.15) is 0 Å². The summed E-state index contributed by atoms with van der Waals surface area (Å²) in [7, 11) is -1.71. The lowest BCUT2D eigenvalue weighted by Gasteiger charge is -2.10. The second-order valence-corrected chi connectivity index (χ2v) is 8.17. The first kappa shape index (κ1) is 20.0. The first-order valence-corrected chi connectivity index (χ1v) is 10.8. The van der Waals surface area contributed by atoms with Gasteiger partial charge < -0.3 is 5.32 Å². The standard InChI is InChI=1S/C22H17ClN4O2S/c23-17-11-13-18(14-12-17)24-20(28)15-30(29)22-26-25-21(16-7-3-1-4-8-16)27(22)19-9-5-2-6-10-19/h1-14H,15H2,(H,24,28). The van der Waals surface area contributed by atoms with Crippen LogP contribution in [0.3, 0.4) is 0 Å². The zero-order valence-electron chi connectivity index (χ0n) is 15.7. The average molecular weight is 437 g/mol. The molecule has 0 saturated carbocycles. The van der Waals surface area contributed by atoms with Crippen molar-refractivity contribution < 1.29 is 9.00 Å². The highest BCUT2D eigenvalue weighted by atomic mass is 35.5. The first-order chi connectivity index (χ1) is 14.6. The molecular weight excluding hydrogens is 420 g/mol. The summed E-state index contributed by atoms with van der Waals surface area (Å²) in [4.78, 5) is 12.4. The van der Waals surface area contributed by atoms with E-state index in [1.165, 1.54) is 0 Å². The van der Waals surface area contributed by atoms with Crippen LogP contribution in [0.5, 0.6) is 0 Å². The summed E-state index contributed by atoms with van der Waals surface area (Å²) in [6, 6.07) is 25.6. The number of nitrogens with one attached hydrogen (secondary N) is 1. The van der Waals surface area contributed by atoms with Gasteiger partial charge in [0.1, 0.15) is 16.6 Å². The van der Waals surface area contributed by atoms with E-state index in [4.69, 9.17) is 11.6 Å². The normalized spacial score (nSPS) is 11.8. The summed E-state index contributed by atoms with van der Waals surface area (Å²) < 4.78 is 14.8. The van der Waals surface area contributed by atoms with Gasteiger partial charge in [-0.25, -0.2) is 0 Å². The molecular formula is C22H17ClN4O2S. The van der Waals surface area contributed by atoms with E-state index < -0.39 is 10.8 Å². The van der Waals surface area contributed by atoms with E-state index in [1.54, 1.807) is 28.8 Å². The van der Waals surface area contributed by atoms with Crippen LogP contribution in [0.1, 0.15) is 0 Å². The predicted octanol–water partition coefficient (Wildman–Crippen LogP) is 4.33. The molecule has 1 amide bonds. The number of benzene rings is 3. The van der Waals surface area contributed by atoms with Crippen LogP contribution in [0.2, 0.25) is 5.02 Å². The molecule has 1 atom stereocenters. The predicted molar refractivity (Wildman–Crippen MR) is 118 cm³/mol. The molecule has 3 aromatic carbocycles. The number of carbonyl (C=O) groups is 1. The molecule has 4 aromatic rings. The van der Waals surface area contributed by atoms with Gasteiger partial charge >= 0.3 is 0 Å². The Morgan fingerprint density at radius 2 is 1.53 bits per heavy atom. The van der Waals surface area contributed by atoms with E-state index in [0.29, 0.717) is 16.5 Å². The minimum Gasteiger partial charge on any atom is -0.325 e. The largest absolute Gasteiger partial charge is 0.325 e. The van der Waals surface area contributed by atoms with E-state index >= 15 is 0 Å².